The summed E-state index contributed by atoms with van der Waals surface area (Å²) < 4.78 is 25.1. The van der Waals surface area contributed by atoms with Gasteiger partial charge in [0.1, 0.15) is 0 Å². The fraction of sp³-hybridized carbons (Fsp3) is 1.00. The van der Waals surface area contributed by atoms with Crippen molar-refractivity contribution in [1.82, 2.24) is 10.2 Å². The Hall–Kier alpha value is 0.360. The average Bonchev–Trinajstić information content (AvgIpc) is 2.34. The van der Waals surface area contributed by atoms with Crippen LogP contribution in [0.5, 0.6) is 0 Å². The number of halogens is 4. The maximum absolute atomic E-state index is 12.6. The first kappa shape index (κ1) is 15.8. The van der Waals surface area contributed by atoms with Gasteiger partial charge in [-0.05, 0) is 27.1 Å². The fourth-order valence-corrected chi connectivity index (χ4v) is 1.46. The predicted octanol–water partition coefficient (Wildman–Crippen LogP) is 1.39. The molecular formula is C7H16Cl2F2N2. The number of rotatable bonds is 2. The molecule has 1 atom stereocenters. The van der Waals surface area contributed by atoms with E-state index in [1.54, 1.807) is 19.0 Å². The van der Waals surface area contributed by atoms with E-state index in [-0.39, 0.29) is 24.8 Å². The van der Waals surface area contributed by atoms with Gasteiger partial charge in [-0.1, -0.05) is 0 Å². The SMILES string of the molecule is CN(C)C1(C(F)F)CCNC1.Cl.Cl. The summed E-state index contributed by atoms with van der Waals surface area (Å²) in [6, 6.07) is 0. The molecule has 1 aliphatic heterocycles. The van der Waals surface area contributed by atoms with Gasteiger partial charge in [0.15, 0.2) is 0 Å². The molecule has 1 heterocycles. The number of nitrogens with zero attached hydrogens (tertiary/aromatic N) is 1. The van der Waals surface area contributed by atoms with E-state index in [9.17, 15) is 8.78 Å². The molecule has 0 aromatic carbocycles. The highest BCUT2D eigenvalue weighted by Gasteiger charge is 2.44. The molecule has 0 aromatic rings. The van der Waals surface area contributed by atoms with Crippen molar-refractivity contribution >= 4 is 24.8 Å². The molecule has 2 nitrogen and oxygen atoms in total. The van der Waals surface area contributed by atoms with Crippen LogP contribution >= 0.6 is 24.8 Å². The first-order valence-corrected chi connectivity index (χ1v) is 3.76. The minimum absolute atomic E-state index is 0. The van der Waals surface area contributed by atoms with Gasteiger partial charge in [0.2, 0.25) is 0 Å². The maximum Gasteiger partial charge on any atom is 0.257 e. The summed E-state index contributed by atoms with van der Waals surface area (Å²) in [6.45, 7) is 1.10. The number of hydrogen-bond donors (Lipinski definition) is 1. The predicted molar refractivity (Wildman–Crippen MR) is 54.4 cm³/mol. The Kier molecular flexibility index (Phi) is 7.25. The molecule has 0 saturated carbocycles. The van der Waals surface area contributed by atoms with E-state index in [1.165, 1.54) is 0 Å². The Morgan fingerprint density at radius 1 is 1.31 bits per heavy atom. The summed E-state index contributed by atoms with van der Waals surface area (Å²) in [5.41, 5.74) is -0.917. The second kappa shape index (κ2) is 5.96. The van der Waals surface area contributed by atoms with Crippen LogP contribution in [0.15, 0.2) is 0 Å². The number of alkyl halides is 2. The van der Waals surface area contributed by atoms with Gasteiger partial charge in [-0.2, -0.15) is 0 Å². The lowest BCUT2D eigenvalue weighted by Crippen LogP contribution is -2.51. The number of likely N-dealkylation sites (N-methyl/N-ethyl adjacent to an activating group) is 1. The molecule has 1 N–H and O–H groups in total. The largest absolute Gasteiger partial charge is 0.315 e. The molecule has 0 aromatic heterocycles. The van der Waals surface area contributed by atoms with Crippen LogP contribution in [0.25, 0.3) is 0 Å². The highest BCUT2D eigenvalue weighted by molar-refractivity contribution is 5.85. The smallest absolute Gasteiger partial charge is 0.257 e. The van der Waals surface area contributed by atoms with Crippen molar-refractivity contribution < 1.29 is 8.78 Å². The standard InChI is InChI=1S/C7H14F2N2.2ClH/c1-11(2)7(6(8)9)3-4-10-5-7;;/h6,10H,3-5H2,1-2H3;2*1H. The number of nitrogens with one attached hydrogen (secondary N) is 1. The third kappa shape index (κ3) is 2.91. The van der Waals surface area contributed by atoms with Crippen LogP contribution in [0, 0.1) is 0 Å². The molecular weight excluding hydrogens is 221 g/mol. The molecule has 0 aliphatic carbocycles. The lowest BCUT2D eigenvalue weighted by Gasteiger charge is -2.34. The normalized spacial score (nSPS) is 27.2. The summed E-state index contributed by atoms with van der Waals surface area (Å²) in [5.74, 6) is 0. The van der Waals surface area contributed by atoms with Crippen molar-refractivity contribution in [2.45, 2.75) is 18.4 Å². The van der Waals surface area contributed by atoms with Crippen molar-refractivity contribution in [3.05, 3.63) is 0 Å². The lowest BCUT2D eigenvalue weighted by molar-refractivity contribution is -0.0188. The van der Waals surface area contributed by atoms with Gasteiger partial charge in [0.25, 0.3) is 6.43 Å². The zero-order valence-corrected chi connectivity index (χ0v) is 9.35. The first-order chi connectivity index (χ1) is 5.09. The maximum atomic E-state index is 12.6. The molecule has 1 rings (SSSR count). The van der Waals surface area contributed by atoms with Gasteiger partial charge >= 0.3 is 0 Å². The van der Waals surface area contributed by atoms with Crippen molar-refractivity contribution in [3.63, 3.8) is 0 Å². The van der Waals surface area contributed by atoms with Crippen molar-refractivity contribution in [1.29, 1.82) is 0 Å². The van der Waals surface area contributed by atoms with Crippen LogP contribution in [0.2, 0.25) is 0 Å². The first-order valence-electron chi connectivity index (χ1n) is 3.76. The van der Waals surface area contributed by atoms with Crippen molar-refractivity contribution in [3.8, 4) is 0 Å². The topological polar surface area (TPSA) is 15.3 Å². The molecule has 0 bridgehead atoms. The van der Waals surface area contributed by atoms with Crippen LogP contribution in [0.4, 0.5) is 8.78 Å². The van der Waals surface area contributed by atoms with Crippen molar-refractivity contribution in [2.24, 2.45) is 0 Å². The minimum atomic E-state index is -2.26. The summed E-state index contributed by atoms with van der Waals surface area (Å²) in [4.78, 5) is 1.62. The third-order valence-corrected chi connectivity index (χ3v) is 2.46. The van der Waals surface area contributed by atoms with E-state index < -0.39 is 12.0 Å². The Morgan fingerprint density at radius 2 is 1.85 bits per heavy atom. The van der Waals surface area contributed by atoms with E-state index in [0.29, 0.717) is 19.5 Å². The lowest BCUT2D eigenvalue weighted by atomic mass is 9.98. The summed E-state index contributed by atoms with van der Waals surface area (Å²) >= 11 is 0. The summed E-state index contributed by atoms with van der Waals surface area (Å²) in [6.07, 6.45) is -1.72. The Morgan fingerprint density at radius 3 is 2.00 bits per heavy atom. The Balaban J connectivity index is 0. The molecule has 82 valence electrons. The molecule has 1 unspecified atom stereocenters. The van der Waals surface area contributed by atoms with Gasteiger partial charge < -0.3 is 5.32 Å². The zero-order chi connectivity index (χ0) is 8.48. The highest BCUT2D eigenvalue weighted by atomic mass is 35.5. The van der Waals surface area contributed by atoms with E-state index >= 15 is 0 Å². The molecule has 0 spiro atoms. The summed E-state index contributed by atoms with van der Waals surface area (Å²) in [7, 11) is 3.42. The third-order valence-electron chi connectivity index (χ3n) is 2.46. The molecule has 1 aliphatic rings. The molecule has 1 saturated heterocycles. The van der Waals surface area contributed by atoms with Gasteiger partial charge in [-0.15, -0.1) is 24.8 Å². The van der Waals surface area contributed by atoms with Crippen LogP contribution in [-0.4, -0.2) is 44.0 Å². The molecule has 1 fully saturated rings. The summed E-state index contributed by atoms with van der Waals surface area (Å²) in [5, 5.41) is 2.95. The second-order valence-electron chi connectivity index (χ2n) is 3.23. The molecule has 0 radical (unpaired) electrons. The van der Waals surface area contributed by atoms with E-state index in [4.69, 9.17) is 0 Å². The Bertz CT molecular complexity index is 128. The van der Waals surface area contributed by atoms with Gasteiger partial charge in [0.05, 0.1) is 5.54 Å². The minimum Gasteiger partial charge on any atom is -0.315 e. The highest BCUT2D eigenvalue weighted by Crippen LogP contribution is 2.27. The van der Waals surface area contributed by atoms with Crippen LogP contribution in [0.1, 0.15) is 6.42 Å². The van der Waals surface area contributed by atoms with E-state index in [1.807, 2.05) is 0 Å². The monoisotopic (exact) mass is 236 g/mol. The van der Waals surface area contributed by atoms with Gasteiger partial charge in [0, 0.05) is 6.54 Å². The average molecular weight is 237 g/mol. The zero-order valence-electron chi connectivity index (χ0n) is 7.72. The molecule has 6 heteroatoms. The molecule has 0 amide bonds. The van der Waals surface area contributed by atoms with Crippen LogP contribution in [-0.2, 0) is 0 Å². The van der Waals surface area contributed by atoms with E-state index in [0.717, 1.165) is 0 Å². The van der Waals surface area contributed by atoms with Crippen LogP contribution in [0.3, 0.4) is 0 Å². The fourth-order valence-electron chi connectivity index (χ4n) is 1.46. The Labute approximate surface area is 89.9 Å². The van der Waals surface area contributed by atoms with Gasteiger partial charge in [-0.3, -0.25) is 4.90 Å². The van der Waals surface area contributed by atoms with Crippen molar-refractivity contribution in [2.75, 3.05) is 27.2 Å². The van der Waals surface area contributed by atoms with E-state index in [2.05, 4.69) is 5.32 Å². The van der Waals surface area contributed by atoms with Crippen LogP contribution < -0.4 is 5.32 Å². The second-order valence-corrected chi connectivity index (χ2v) is 3.23. The van der Waals surface area contributed by atoms with Gasteiger partial charge in [-0.25, -0.2) is 8.78 Å². The molecule has 13 heavy (non-hydrogen) atoms. The quantitative estimate of drug-likeness (QED) is 0.780. The number of hydrogen-bond acceptors (Lipinski definition) is 2.